The van der Waals surface area contributed by atoms with Gasteiger partial charge in [-0.2, -0.15) is 18.3 Å². The number of halogens is 5. The first-order valence-corrected chi connectivity index (χ1v) is 11.5. The van der Waals surface area contributed by atoms with Gasteiger partial charge in [0.1, 0.15) is 5.82 Å². The maximum Gasteiger partial charge on any atom is 0.416 e. The molecule has 1 aromatic heterocycles. The summed E-state index contributed by atoms with van der Waals surface area (Å²) in [5.74, 6) is -0.518. The Kier molecular flexibility index (Phi) is 6.98. The van der Waals surface area contributed by atoms with E-state index in [4.69, 9.17) is 11.6 Å². The summed E-state index contributed by atoms with van der Waals surface area (Å²) in [5, 5.41) is 7.49. The fourth-order valence-corrected chi connectivity index (χ4v) is 4.53. The van der Waals surface area contributed by atoms with Crippen molar-refractivity contribution in [1.82, 2.24) is 15.1 Å². The van der Waals surface area contributed by atoms with Crippen molar-refractivity contribution in [3.05, 3.63) is 76.2 Å². The second kappa shape index (κ2) is 9.78. The minimum atomic E-state index is -4.54. The van der Waals surface area contributed by atoms with Gasteiger partial charge in [0.2, 0.25) is 0 Å². The van der Waals surface area contributed by atoms with Crippen LogP contribution in [0.2, 0.25) is 5.02 Å². The van der Waals surface area contributed by atoms with E-state index in [1.807, 2.05) is 17.7 Å². The van der Waals surface area contributed by atoms with E-state index in [0.717, 1.165) is 67.4 Å². The molecule has 0 bridgehead atoms. The summed E-state index contributed by atoms with van der Waals surface area (Å²) in [6.45, 7) is 2.71. The van der Waals surface area contributed by atoms with Crippen LogP contribution in [-0.2, 0) is 12.7 Å². The molecule has 0 aliphatic heterocycles. The zero-order valence-electron chi connectivity index (χ0n) is 18.5. The van der Waals surface area contributed by atoms with E-state index in [-0.39, 0.29) is 22.4 Å². The van der Waals surface area contributed by atoms with E-state index in [1.54, 1.807) is 12.1 Å². The first kappa shape index (κ1) is 24.3. The number of amides is 1. The summed E-state index contributed by atoms with van der Waals surface area (Å²) >= 11 is 5.98. The van der Waals surface area contributed by atoms with Crippen LogP contribution in [0.4, 0.5) is 17.6 Å². The largest absolute Gasteiger partial charge is 0.416 e. The number of hydrogen-bond acceptors (Lipinski definition) is 2. The Labute approximate surface area is 199 Å². The summed E-state index contributed by atoms with van der Waals surface area (Å²) in [6, 6.07) is 10.8. The van der Waals surface area contributed by atoms with Crippen LogP contribution >= 0.6 is 11.6 Å². The summed E-state index contributed by atoms with van der Waals surface area (Å²) in [6.07, 6.45) is -1.39. The lowest BCUT2D eigenvalue weighted by atomic mass is 9.86. The fourth-order valence-electron chi connectivity index (χ4n) is 4.33. The molecule has 180 valence electrons. The highest BCUT2D eigenvalue weighted by molar-refractivity contribution is 6.33. The van der Waals surface area contributed by atoms with Crippen molar-refractivity contribution in [2.75, 3.05) is 0 Å². The van der Waals surface area contributed by atoms with E-state index in [1.165, 1.54) is 12.1 Å². The Hall–Kier alpha value is -2.87. The zero-order chi connectivity index (χ0) is 24.5. The van der Waals surface area contributed by atoms with Crippen LogP contribution in [-0.4, -0.2) is 21.7 Å². The lowest BCUT2D eigenvalue weighted by molar-refractivity contribution is -0.137. The molecule has 0 unspecified atom stereocenters. The molecule has 4 nitrogen and oxygen atoms in total. The Balaban J connectivity index is 1.34. The number of rotatable bonds is 5. The molecule has 4 rings (SSSR count). The molecular formula is C25H24ClF4N3O. The van der Waals surface area contributed by atoms with Gasteiger partial charge >= 0.3 is 6.18 Å². The van der Waals surface area contributed by atoms with Crippen molar-refractivity contribution in [2.24, 2.45) is 5.92 Å². The number of nitrogens with one attached hydrogen (secondary N) is 1. The van der Waals surface area contributed by atoms with Gasteiger partial charge in [0.15, 0.2) is 0 Å². The number of nitrogens with zero attached hydrogens (tertiary/aromatic N) is 2. The molecule has 1 heterocycles. The van der Waals surface area contributed by atoms with E-state index >= 15 is 0 Å². The molecule has 1 saturated carbocycles. The minimum absolute atomic E-state index is 0.00898. The smallest absolute Gasteiger partial charge is 0.349 e. The molecule has 34 heavy (non-hydrogen) atoms. The molecule has 0 atom stereocenters. The van der Waals surface area contributed by atoms with E-state index in [0.29, 0.717) is 5.92 Å². The molecule has 1 aliphatic rings. The summed E-state index contributed by atoms with van der Waals surface area (Å²) in [4.78, 5) is 12.6. The molecule has 9 heteroatoms. The molecule has 1 amide bonds. The number of hydrogen-bond donors (Lipinski definition) is 1. The SMILES string of the molecule is Cc1cc(-c2ccc(F)cc2)nn1CC1CCC(NC(=O)c2cc(C(F)(F)F)ccc2Cl)CC1. The van der Waals surface area contributed by atoms with Crippen LogP contribution < -0.4 is 5.32 Å². The molecule has 3 aromatic rings. The Bertz CT molecular complexity index is 1170. The Morgan fingerprint density at radius 1 is 1.09 bits per heavy atom. The van der Waals surface area contributed by atoms with Gasteiger partial charge in [0.05, 0.1) is 21.8 Å². The van der Waals surface area contributed by atoms with Gasteiger partial charge in [-0.1, -0.05) is 11.6 Å². The quantitative estimate of drug-likeness (QED) is 0.404. The molecule has 0 spiro atoms. The highest BCUT2D eigenvalue weighted by atomic mass is 35.5. The van der Waals surface area contributed by atoms with Gasteiger partial charge in [-0.3, -0.25) is 9.48 Å². The van der Waals surface area contributed by atoms with Crippen LogP contribution in [0.3, 0.4) is 0 Å². The number of aromatic nitrogens is 2. The maximum absolute atomic E-state index is 13.2. The average molecular weight is 494 g/mol. The van der Waals surface area contributed by atoms with Gasteiger partial charge in [0.25, 0.3) is 5.91 Å². The third-order valence-corrected chi connectivity index (χ3v) is 6.60. The standard InChI is InChI=1S/C25H24ClF4N3O/c1-15-12-23(17-4-7-19(27)8-5-17)32-33(15)14-16-2-9-20(10-3-16)31-24(34)21-13-18(25(28,29)30)6-11-22(21)26/h4-8,11-13,16,20H,2-3,9-10,14H2,1H3,(H,31,34). The van der Waals surface area contributed by atoms with Crippen molar-refractivity contribution >= 4 is 17.5 Å². The predicted molar refractivity (Wildman–Crippen MR) is 122 cm³/mol. The fraction of sp³-hybridized carbons (Fsp3) is 0.360. The van der Waals surface area contributed by atoms with Crippen molar-refractivity contribution < 1.29 is 22.4 Å². The number of carbonyl (C=O) groups is 1. The molecule has 0 radical (unpaired) electrons. The number of aryl methyl sites for hydroxylation is 1. The highest BCUT2D eigenvalue weighted by Gasteiger charge is 2.32. The molecule has 0 saturated heterocycles. The molecule has 1 N–H and O–H groups in total. The van der Waals surface area contributed by atoms with Crippen molar-refractivity contribution in [3.63, 3.8) is 0 Å². The zero-order valence-corrected chi connectivity index (χ0v) is 19.3. The second-order valence-electron chi connectivity index (χ2n) is 8.74. The topological polar surface area (TPSA) is 46.9 Å². The number of benzene rings is 2. The molecule has 2 aromatic carbocycles. The second-order valence-corrected chi connectivity index (χ2v) is 9.15. The third-order valence-electron chi connectivity index (χ3n) is 6.27. The van der Waals surface area contributed by atoms with Crippen molar-refractivity contribution in [1.29, 1.82) is 0 Å². The van der Waals surface area contributed by atoms with Gasteiger partial charge in [-0.05, 0) is 87.1 Å². The Morgan fingerprint density at radius 3 is 2.41 bits per heavy atom. The first-order valence-electron chi connectivity index (χ1n) is 11.1. The molecule has 1 fully saturated rings. The van der Waals surface area contributed by atoms with Gasteiger partial charge in [-0.25, -0.2) is 4.39 Å². The lowest BCUT2D eigenvalue weighted by Crippen LogP contribution is -2.38. The van der Waals surface area contributed by atoms with Crippen LogP contribution in [0, 0.1) is 18.7 Å². The van der Waals surface area contributed by atoms with Gasteiger partial charge < -0.3 is 5.32 Å². The number of carbonyl (C=O) groups excluding carboxylic acids is 1. The van der Waals surface area contributed by atoms with Crippen LogP contribution in [0.25, 0.3) is 11.3 Å². The van der Waals surface area contributed by atoms with Gasteiger partial charge in [-0.15, -0.1) is 0 Å². The average Bonchev–Trinajstić information content (AvgIpc) is 3.15. The van der Waals surface area contributed by atoms with Gasteiger partial charge in [0, 0.05) is 23.8 Å². The predicted octanol–water partition coefficient (Wildman–Crippen LogP) is 6.66. The van der Waals surface area contributed by atoms with Crippen molar-refractivity contribution in [3.8, 4) is 11.3 Å². The molecule has 1 aliphatic carbocycles. The van der Waals surface area contributed by atoms with E-state index in [2.05, 4.69) is 10.4 Å². The van der Waals surface area contributed by atoms with Crippen molar-refractivity contribution in [2.45, 2.75) is 51.4 Å². The normalized spacial score (nSPS) is 18.6. The first-order chi connectivity index (χ1) is 16.1. The minimum Gasteiger partial charge on any atom is -0.349 e. The summed E-state index contributed by atoms with van der Waals surface area (Å²) in [5.41, 5.74) is 1.58. The number of alkyl halides is 3. The summed E-state index contributed by atoms with van der Waals surface area (Å²) < 4.78 is 54.1. The third kappa shape index (κ3) is 5.60. The highest BCUT2D eigenvalue weighted by Crippen LogP contribution is 2.32. The van der Waals surface area contributed by atoms with Crippen LogP contribution in [0.15, 0.2) is 48.5 Å². The maximum atomic E-state index is 13.2. The lowest BCUT2D eigenvalue weighted by Gasteiger charge is -2.29. The van der Waals surface area contributed by atoms with Crippen LogP contribution in [0.5, 0.6) is 0 Å². The van der Waals surface area contributed by atoms with Crippen LogP contribution in [0.1, 0.15) is 47.3 Å². The monoisotopic (exact) mass is 493 g/mol. The van der Waals surface area contributed by atoms with E-state index < -0.39 is 17.6 Å². The summed E-state index contributed by atoms with van der Waals surface area (Å²) in [7, 11) is 0. The molecular weight excluding hydrogens is 470 g/mol. The Morgan fingerprint density at radius 2 is 1.76 bits per heavy atom. The van der Waals surface area contributed by atoms with E-state index in [9.17, 15) is 22.4 Å².